The molecule has 2 aromatic carbocycles. The van der Waals surface area contributed by atoms with Crippen LogP contribution in [-0.2, 0) is 13.1 Å². The Morgan fingerprint density at radius 3 is 2.62 bits per heavy atom. The lowest BCUT2D eigenvalue weighted by atomic mass is 10.1. The molecule has 110 valence electrons. The van der Waals surface area contributed by atoms with E-state index < -0.39 is 0 Å². The van der Waals surface area contributed by atoms with E-state index in [9.17, 15) is 5.11 Å². The van der Waals surface area contributed by atoms with Gasteiger partial charge in [-0.2, -0.15) is 0 Å². The zero-order chi connectivity index (χ0) is 14.8. The Kier molecular flexibility index (Phi) is 4.52. The summed E-state index contributed by atoms with van der Waals surface area (Å²) >= 11 is 6.76. The summed E-state index contributed by atoms with van der Waals surface area (Å²) in [7, 11) is 0. The Morgan fingerprint density at radius 2 is 1.86 bits per heavy atom. The standard InChI is InChI=1S/C16H15Br2NO2/c17-13-7-11(8-14(18)16(13)20)9-19-5-6-21-15-4-2-1-3-12(15)10-19/h1-4,7-8,20H,5-6,9-10H2. The van der Waals surface area contributed by atoms with Crippen LogP contribution in [0.25, 0.3) is 0 Å². The first-order valence-electron chi connectivity index (χ1n) is 6.73. The smallest absolute Gasteiger partial charge is 0.143 e. The van der Waals surface area contributed by atoms with Crippen molar-refractivity contribution in [1.29, 1.82) is 0 Å². The normalized spacial score (nSPS) is 15.1. The van der Waals surface area contributed by atoms with E-state index in [2.05, 4.69) is 42.8 Å². The van der Waals surface area contributed by atoms with Gasteiger partial charge in [0, 0.05) is 25.2 Å². The molecule has 0 fully saturated rings. The molecule has 0 radical (unpaired) electrons. The van der Waals surface area contributed by atoms with Crippen LogP contribution in [-0.4, -0.2) is 23.2 Å². The Bertz CT molecular complexity index is 637. The molecule has 0 spiro atoms. The van der Waals surface area contributed by atoms with Gasteiger partial charge in [0.15, 0.2) is 0 Å². The number of rotatable bonds is 2. The van der Waals surface area contributed by atoms with Gasteiger partial charge in [-0.1, -0.05) is 18.2 Å². The predicted octanol–water partition coefficient (Wildman–Crippen LogP) is 4.31. The summed E-state index contributed by atoms with van der Waals surface area (Å²) in [5, 5.41) is 9.78. The third-order valence-electron chi connectivity index (χ3n) is 3.51. The maximum atomic E-state index is 9.78. The van der Waals surface area contributed by atoms with Gasteiger partial charge in [0.05, 0.1) is 8.95 Å². The van der Waals surface area contributed by atoms with Crippen molar-refractivity contribution < 1.29 is 9.84 Å². The molecule has 0 bridgehead atoms. The second kappa shape index (κ2) is 6.38. The monoisotopic (exact) mass is 411 g/mol. The predicted molar refractivity (Wildman–Crippen MR) is 89.6 cm³/mol. The fraction of sp³-hybridized carbons (Fsp3) is 0.250. The van der Waals surface area contributed by atoms with Crippen LogP contribution in [0.15, 0.2) is 45.3 Å². The van der Waals surface area contributed by atoms with Gasteiger partial charge in [0.25, 0.3) is 0 Å². The molecule has 1 aliphatic rings. The van der Waals surface area contributed by atoms with Crippen LogP contribution in [0, 0.1) is 0 Å². The highest BCUT2D eigenvalue weighted by atomic mass is 79.9. The van der Waals surface area contributed by atoms with Crippen molar-refractivity contribution in [3.63, 3.8) is 0 Å². The zero-order valence-electron chi connectivity index (χ0n) is 11.4. The van der Waals surface area contributed by atoms with Crippen molar-refractivity contribution in [2.75, 3.05) is 13.2 Å². The van der Waals surface area contributed by atoms with E-state index >= 15 is 0 Å². The number of benzene rings is 2. The molecular weight excluding hydrogens is 398 g/mol. The molecule has 1 aliphatic heterocycles. The highest BCUT2D eigenvalue weighted by Crippen LogP contribution is 2.34. The van der Waals surface area contributed by atoms with E-state index in [0.29, 0.717) is 15.6 Å². The molecule has 1 N–H and O–H groups in total. The van der Waals surface area contributed by atoms with E-state index in [0.717, 1.165) is 30.9 Å². The van der Waals surface area contributed by atoms with Crippen LogP contribution < -0.4 is 4.74 Å². The third-order valence-corrected chi connectivity index (χ3v) is 4.72. The largest absolute Gasteiger partial charge is 0.506 e. The number of nitrogens with zero attached hydrogens (tertiary/aromatic N) is 1. The molecule has 0 saturated carbocycles. The Labute approximate surface area is 140 Å². The lowest BCUT2D eigenvalue weighted by molar-refractivity contribution is 0.219. The molecule has 0 atom stereocenters. The van der Waals surface area contributed by atoms with E-state index in [1.54, 1.807) is 0 Å². The number of halogens is 2. The number of phenols is 1. The first-order valence-corrected chi connectivity index (χ1v) is 8.32. The lowest BCUT2D eigenvalue weighted by Gasteiger charge is -2.20. The second-order valence-corrected chi connectivity index (χ2v) is 6.78. The van der Waals surface area contributed by atoms with E-state index in [-0.39, 0.29) is 5.75 Å². The fourth-order valence-corrected chi connectivity index (χ4v) is 3.76. The zero-order valence-corrected chi connectivity index (χ0v) is 14.5. The van der Waals surface area contributed by atoms with Crippen molar-refractivity contribution in [3.8, 4) is 11.5 Å². The summed E-state index contributed by atoms with van der Waals surface area (Å²) in [5.74, 6) is 1.22. The second-order valence-electron chi connectivity index (χ2n) is 5.07. The molecule has 0 aromatic heterocycles. The first kappa shape index (κ1) is 14.9. The minimum atomic E-state index is 0.239. The van der Waals surface area contributed by atoms with Crippen LogP contribution >= 0.6 is 31.9 Å². The molecule has 0 aliphatic carbocycles. The summed E-state index contributed by atoms with van der Waals surface area (Å²) in [4.78, 5) is 2.34. The number of ether oxygens (including phenoxy) is 1. The lowest BCUT2D eigenvalue weighted by Crippen LogP contribution is -2.25. The summed E-state index contributed by atoms with van der Waals surface area (Å²) < 4.78 is 7.20. The molecule has 3 nitrogen and oxygen atoms in total. The maximum Gasteiger partial charge on any atom is 0.143 e. The van der Waals surface area contributed by atoms with E-state index in [1.165, 1.54) is 5.56 Å². The summed E-state index contributed by atoms with van der Waals surface area (Å²) in [6, 6.07) is 12.1. The minimum Gasteiger partial charge on any atom is -0.506 e. The van der Waals surface area contributed by atoms with E-state index in [4.69, 9.17) is 4.74 Å². The number of hydrogen-bond donors (Lipinski definition) is 1. The first-order chi connectivity index (χ1) is 10.1. The Morgan fingerprint density at radius 1 is 1.14 bits per heavy atom. The van der Waals surface area contributed by atoms with Crippen molar-refractivity contribution in [2.45, 2.75) is 13.1 Å². The quantitative estimate of drug-likeness (QED) is 0.797. The minimum absolute atomic E-state index is 0.239. The van der Waals surface area contributed by atoms with Crippen molar-refractivity contribution in [2.24, 2.45) is 0 Å². The number of para-hydroxylation sites is 1. The SMILES string of the molecule is Oc1c(Br)cc(CN2CCOc3ccccc3C2)cc1Br. The van der Waals surface area contributed by atoms with Crippen molar-refractivity contribution in [1.82, 2.24) is 4.90 Å². The highest BCUT2D eigenvalue weighted by Gasteiger charge is 2.16. The number of aromatic hydroxyl groups is 1. The molecule has 1 heterocycles. The maximum absolute atomic E-state index is 9.78. The molecule has 3 rings (SSSR count). The topological polar surface area (TPSA) is 32.7 Å². The van der Waals surface area contributed by atoms with E-state index in [1.807, 2.05) is 30.3 Å². The third kappa shape index (κ3) is 3.42. The van der Waals surface area contributed by atoms with Crippen molar-refractivity contribution in [3.05, 3.63) is 56.5 Å². The highest BCUT2D eigenvalue weighted by molar-refractivity contribution is 9.11. The van der Waals surface area contributed by atoms with Gasteiger partial charge in [-0.15, -0.1) is 0 Å². The van der Waals surface area contributed by atoms with Gasteiger partial charge >= 0.3 is 0 Å². The van der Waals surface area contributed by atoms with Gasteiger partial charge in [-0.05, 0) is 55.6 Å². The van der Waals surface area contributed by atoms with Gasteiger partial charge < -0.3 is 9.84 Å². The molecule has 0 unspecified atom stereocenters. The van der Waals surface area contributed by atoms with Gasteiger partial charge in [-0.3, -0.25) is 4.90 Å². The number of phenolic OH excluding ortho intramolecular Hbond substituents is 1. The Hall–Kier alpha value is -1.04. The van der Waals surface area contributed by atoms with Crippen LogP contribution in [0.2, 0.25) is 0 Å². The fourth-order valence-electron chi connectivity index (χ4n) is 2.48. The van der Waals surface area contributed by atoms with Crippen molar-refractivity contribution >= 4 is 31.9 Å². The van der Waals surface area contributed by atoms with Crippen LogP contribution in [0.5, 0.6) is 11.5 Å². The molecular formula is C16H15Br2NO2. The average molecular weight is 413 g/mol. The molecule has 5 heteroatoms. The molecule has 0 amide bonds. The van der Waals surface area contributed by atoms with Crippen LogP contribution in [0.3, 0.4) is 0 Å². The van der Waals surface area contributed by atoms with Crippen LogP contribution in [0.1, 0.15) is 11.1 Å². The molecule has 0 saturated heterocycles. The molecule has 2 aromatic rings. The van der Waals surface area contributed by atoms with Gasteiger partial charge in [-0.25, -0.2) is 0 Å². The Balaban J connectivity index is 1.79. The number of hydrogen-bond acceptors (Lipinski definition) is 3. The summed E-state index contributed by atoms with van der Waals surface area (Å²) in [6.45, 7) is 3.25. The number of fused-ring (bicyclic) bond motifs is 1. The summed E-state index contributed by atoms with van der Waals surface area (Å²) in [5.41, 5.74) is 2.36. The summed E-state index contributed by atoms with van der Waals surface area (Å²) in [6.07, 6.45) is 0. The van der Waals surface area contributed by atoms with Crippen LogP contribution in [0.4, 0.5) is 0 Å². The average Bonchev–Trinajstić information content (AvgIpc) is 2.66. The van der Waals surface area contributed by atoms with Gasteiger partial charge in [0.1, 0.15) is 18.1 Å². The van der Waals surface area contributed by atoms with Gasteiger partial charge in [0.2, 0.25) is 0 Å². The molecule has 21 heavy (non-hydrogen) atoms.